The van der Waals surface area contributed by atoms with Gasteiger partial charge in [0.2, 0.25) is 0 Å². The average molecular weight is 313 g/mol. The van der Waals surface area contributed by atoms with E-state index in [1.807, 2.05) is 19.2 Å². The lowest BCUT2D eigenvalue weighted by Crippen LogP contribution is -2.02. The minimum Gasteiger partial charge on any atom is -0.363 e. The Labute approximate surface area is 113 Å². The van der Waals surface area contributed by atoms with Crippen LogP contribution in [0.25, 0.3) is 0 Å². The van der Waals surface area contributed by atoms with Gasteiger partial charge in [0.25, 0.3) is 0 Å². The molecule has 90 valence electrons. The van der Waals surface area contributed by atoms with E-state index < -0.39 is 0 Å². The maximum Gasteiger partial charge on any atom is 0.131 e. The molecule has 1 N–H and O–H groups in total. The minimum absolute atomic E-state index is 0.702. The van der Waals surface area contributed by atoms with Gasteiger partial charge >= 0.3 is 0 Å². The SMILES string of the molecule is CCc1cnc(CNc2cc(Br)nc(C)n2)s1. The molecule has 0 atom stereocenters. The van der Waals surface area contributed by atoms with Gasteiger partial charge < -0.3 is 5.32 Å². The second-order valence-electron chi connectivity index (χ2n) is 3.55. The number of thiazole rings is 1. The molecular weight excluding hydrogens is 300 g/mol. The lowest BCUT2D eigenvalue weighted by atomic mass is 10.4. The highest BCUT2D eigenvalue weighted by atomic mass is 79.9. The molecule has 2 heterocycles. The highest BCUT2D eigenvalue weighted by molar-refractivity contribution is 9.10. The highest BCUT2D eigenvalue weighted by Gasteiger charge is 2.02. The van der Waals surface area contributed by atoms with E-state index in [1.165, 1.54) is 4.88 Å². The van der Waals surface area contributed by atoms with E-state index in [-0.39, 0.29) is 0 Å². The molecule has 0 aliphatic carbocycles. The molecule has 0 aliphatic heterocycles. The van der Waals surface area contributed by atoms with Crippen molar-refractivity contribution in [2.24, 2.45) is 0 Å². The second-order valence-corrected chi connectivity index (χ2v) is 5.56. The van der Waals surface area contributed by atoms with E-state index in [0.717, 1.165) is 27.7 Å². The predicted molar refractivity (Wildman–Crippen MR) is 73.3 cm³/mol. The summed E-state index contributed by atoms with van der Waals surface area (Å²) in [6.07, 6.45) is 2.97. The first-order chi connectivity index (χ1) is 8.17. The first kappa shape index (κ1) is 12.4. The number of nitrogens with zero attached hydrogens (tertiary/aromatic N) is 3. The Morgan fingerprint density at radius 1 is 1.41 bits per heavy atom. The van der Waals surface area contributed by atoms with Crippen LogP contribution >= 0.6 is 27.3 Å². The number of aromatic nitrogens is 3. The Bertz CT molecular complexity index is 492. The molecule has 0 spiro atoms. The molecule has 0 aromatic carbocycles. The van der Waals surface area contributed by atoms with E-state index in [9.17, 15) is 0 Å². The topological polar surface area (TPSA) is 50.7 Å². The molecule has 0 amide bonds. The Hall–Kier alpha value is -1.01. The van der Waals surface area contributed by atoms with Crippen molar-refractivity contribution in [3.8, 4) is 0 Å². The van der Waals surface area contributed by atoms with Crippen LogP contribution in [-0.4, -0.2) is 15.0 Å². The summed E-state index contributed by atoms with van der Waals surface area (Å²) in [7, 11) is 0. The van der Waals surface area contributed by atoms with Crippen molar-refractivity contribution in [1.82, 2.24) is 15.0 Å². The van der Waals surface area contributed by atoms with Crippen LogP contribution in [0.1, 0.15) is 22.6 Å². The maximum absolute atomic E-state index is 4.35. The summed E-state index contributed by atoms with van der Waals surface area (Å²) in [5, 5.41) is 4.32. The lowest BCUT2D eigenvalue weighted by molar-refractivity contribution is 1.00. The molecule has 0 aliphatic rings. The predicted octanol–water partition coefficient (Wildman–Crippen LogP) is 3.18. The van der Waals surface area contributed by atoms with Crippen LogP contribution in [0.3, 0.4) is 0 Å². The number of hydrogen-bond acceptors (Lipinski definition) is 5. The smallest absolute Gasteiger partial charge is 0.131 e. The molecule has 17 heavy (non-hydrogen) atoms. The van der Waals surface area contributed by atoms with Gasteiger partial charge in [-0.25, -0.2) is 15.0 Å². The molecule has 0 saturated carbocycles. The van der Waals surface area contributed by atoms with Gasteiger partial charge in [-0.15, -0.1) is 11.3 Å². The number of hydrogen-bond donors (Lipinski definition) is 1. The summed E-state index contributed by atoms with van der Waals surface area (Å²) in [6.45, 7) is 4.71. The number of rotatable bonds is 4. The van der Waals surface area contributed by atoms with Gasteiger partial charge in [0, 0.05) is 17.1 Å². The molecule has 0 saturated heterocycles. The summed E-state index contributed by atoms with van der Waals surface area (Å²) >= 11 is 5.08. The zero-order chi connectivity index (χ0) is 12.3. The van der Waals surface area contributed by atoms with Crippen molar-refractivity contribution in [3.63, 3.8) is 0 Å². The molecule has 4 nitrogen and oxygen atoms in total. The molecular formula is C11H13BrN4S. The van der Waals surface area contributed by atoms with Crippen molar-refractivity contribution >= 4 is 33.1 Å². The van der Waals surface area contributed by atoms with E-state index in [0.29, 0.717) is 6.54 Å². The number of halogens is 1. The van der Waals surface area contributed by atoms with Crippen LogP contribution < -0.4 is 5.32 Å². The first-order valence-electron chi connectivity index (χ1n) is 5.36. The fraction of sp³-hybridized carbons (Fsp3) is 0.364. The van der Waals surface area contributed by atoms with Crippen molar-refractivity contribution < 1.29 is 0 Å². The van der Waals surface area contributed by atoms with Gasteiger partial charge in [0.15, 0.2) is 0 Å². The van der Waals surface area contributed by atoms with Crippen LogP contribution in [-0.2, 0) is 13.0 Å². The van der Waals surface area contributed by atoms with Gasteiger partial charge in [-0.2, -0.15) is 0 Å². The third-order valence-corrected chi connectivity index (χ3v) is 3.73. The maximum atomic E-state index is 4.35. The molecule has 2 aromatic heterocycles. The van der Waals surface area contributed by atoms with Crippen LogP contribution in [0.4, 0.5) is 5.82 Å². The van der Waals surface area contributed by atoms with E-state index >= 15 is 0 Å². The van der Waals surface area contributed by atoms with Crippen LogP contribution in [0, 0.1) is 6.92 Å². The normalized spacial score (nSPS) is 10.5. The molecule has 2 rings (SSSR count). The Morgan fingerprint density at radius 3 is 2.88 bits per heavy atom. The monoisotopic (exact) mass is 312 g/mol. The summed E-state index contributed by atoms with van der Waals surface area (Å²) in [5.41, 5.74) is 0. The van der Waals surface area contributed by atoms with Crippen LogP contribution in [0.5, 0.6) is 0 Å². The zero-order valence-electron chi connectivity index (χ0n) is 9.70. The van der Waals surface area contributed by atoms with Gasteiger partial charge in [-0.3, -0.25) is 0 Å². The summed E-state index contributed by atoms with van der Waals surface area (Å²) in [6, 6.07) is 1.86. The summed E-state index contributed by atoms with van der Waals surface area (Å²) in [5.74, 6) is 1.56. The van der Waals surface area contributed by atoms with Gasteiger partial charge in [0.1, 0.15) is 21.3 Å². The lowest BCUT2D eigenvalue weighted by Gasteiger charge is -2.04. The Morgan fingerprint density at radius 2 is 2.24 bits per heavy atom. The number of nitrogens with one attached hydrogen (secondary N) is 1. The average Bonchev–Trinajstić information content (AvgIpc) is 2.73. The van der Waals surface area contributed by atoms with Crippen molar-refractivity contribution in [2.45, 2.75) is 26.8 Å². The highest BCUT2D eigenvalue weighted by Crippen LogP contribution is 2.16. The number of aryl methyl sites for hydroxylation is 2. The third kappa shape index (κ3) is 3.47. The van der Waals surface area contributed by atoms with Crippen molar-refractivity contribution in [2.75, 3.05) is 5.32 Å². The first-order valence-corrected chi connectivity index (χ1v) is 6.97. The number of anilines is 1. The van der Waals surface area contributed by atoms with Crippen molar-refractivity contribution in [1.29, 1.82) is 0 Å². The third-order valence-electron chi connectivity index (χ3n) is 2.18. The molecule has 2 aromatic rings. The minimum atomic E-state index is 0.702. The standard InChI is InChI=1S/C11H13BrN4S/c1-3-8-5-14-11(17-8)6-13-10-4-9(12)15-7(2)16-10/h4-5H,3,6H2,1-2H3,(H,13,15,16). The van der Waals surface area contributed by atoms with Crippen molar-refractivity contribution in [3.05, 3.63) is 32.6 Å². The van der Waals surface area contributed by atoms with Crippen LogP contribution in [0.15, 0.2) is 16.9 Å². The molecule has 0 bridgehead atoms. The summed E-state index contributed by atoms with van der Waals surface area (Å²) < 4.78 is 0.792. The Kier molecular flexibility index (Phi) is 4.06. The van der Waals surface area contributed by atoms with Gasteiger partial charge in [-0.1, -0.05) is 6.92 Å². The van der Waals surface area contributed by atoms with Gasteiger partial charge in [0.05, 0.1) is 6.54 Å². The fourth-order valence-corrected chi connectivity index (χ4v) is 2.66. The van der Waals surface area contributed by atoms with E-state index in [1.54, 1.807) is 11.3 Å². The summed E-state index contributed by atoms with van der Waals surface area (Å²) in [4.78, 5) is 14.1. The molecule has 6 heteroatoms. The van der Waals surface area contributed by atoms with Gasteiger partial charge in [-0.05, 0) is 29.3 Å². The quantitative estimate of drug-likeness (QED) is 0.881. The van der Waals surface area contributed by atoms with E-state index in [4.69, 9.17) is 0 Å². The fourth-order valence-electron chi connectivity index (χ4n) is 1.38. The van der Waals surface area contributed by atoms with E-state index in [2.05, 4.69) is 43.1 Å². The Balaban J connectivity index is 2.01. The van der Waals surface area contributed by atoms with Crippen LogP contribution in [0.2, 0.25) is 0 Å². The second kappa shape index (κ2) is 5.55. The molecule has 0 radical (unpaired) electrons. The molecule has 0 fully saturated rings. The zero-order valence-corrected chi connectivity index (χ0v) is 12.1. The molecule has 0 unspecified atom stereocenters. The largest absolute Gasteiger partial charge is 0.363 e.